The van der Waals surface area contributed by atoms with Gasteiger partial charge in [0, 0.05) is 6.54 Å². The molecule has 0 aliphatic heterocycles. The van der Waals surface area contributed by atoms with Gasteiger partial charge in [-0.3, -0.25) is 9.35 Å². The lowest BCUT2D eigenvalue weighted by Gasteiger charge is -2.33. The van der Waals surface area contributed by atoms with Gasteiger partial charge in [0.1, 0.15) is 12.2 Å². The Morgan fingerprint density at radius 2 is 1.04 bits per heavy atom. The highest BCUT2D eigenvalue weighted by molar-refractivity contribution is 7.85. The first-order chi connectivity index (χ1) is 21.9. The van der Waals surface area contributed by atoms with Crippen LogP contribution in [0.5, 0.6) is 0 Å². The second-order valence-electron chi connectivity index (χ2n) is 10.4. The quantitative estimate of drug-likeness (QED) is 0.139. The third-order valence-corrected chi connectivity index (χ3v) is 7.56. The predicted molar refractivity (Wildman–Crippen MR) is 171 cm³/mol. The van der Waals surface area contributed by atoms with Crippen molar-refractivity contribution >= 4 is 16.0 Å². The van der Waals surface area contributed by atoms with Crippen molar-refractivity contribution in [3.8, 4) is 0 Å². The van der Waals surface area contributed by atoms with E-state index in [4.69, 9.17) is 18.9 Å². The lowest BCUT2D eigenvalue weighted by molar-refractivity contribution is -0.177. The molecule has 0 saturated carbocycles. The third kappa shape index (κ3) is 12.6. The average molecular weight is 634 g/mol. The SMILES string of the molecule is O=C(NCCS(=O)(=O)O)[C@@H](OCc1ccccc1)[C@H](OCc1ccccc1)[C@@H](COCc1ccccc1)OCc1ccccc1. The summed E-state index contributed by atoms with van der Waals surface area (Å²) < 4.78 is 57.2. The lowest BCUT2D eigenvalue weighted by Crippen LogP contribution is -2.52. The second kappa shape index (κ2) is 18.2. The molecule has 0 radical (unpaired) electrons. The van der Waals surface area contributed by atoms with Crippen molar-refractivity contribution in [1.29, 1.82) is 0 Å². The van der Waals surface area contributed by atoms with Crippen LogP contribution in [0.25, 0.3) is 0 Å². The highest BCUT2D eigenvalue weighted by Crippen LogP contribution is 2.20. The van der Waals surface area contributed by atoms with E-state index in [9.17, 15) is 17.8 Å². The summed E-state index contributed by atoms with van der Waals surface area (Å²) in [5.41, 5.74) is 3.60. The fourth-order valence-corrected chi connectivity index (χ4v) is 4.88. The molecule has 0 saturated heterocycles. The van der Waals surface area contributed by atoms with Crippen LogP contribution in [0.3, 0.4) is 0 Å². The molecule has 0 unspecified atom stereocenters. The zero-order valence-electron chi connectivity index (χ0n) is 24.9. The molecular weight excluding hydrogens is 594 g/mol. The predicted octanol–water partition coefficient (Wildman–Crippen LogP) is 4.96. The summed E-state index contributed by atoms with van der Waals surface area (Å²) in [7, 11) is -4.29. The van der Waals surface area contributed by atoms with Crippen molar-refractivity contribution in [3.05, 3.63) is 144 Å². The highest BCUT2D eigenvalue weighted by Gasteiger charge is 2.37. The lowest BCUT2D eigenvalue weighted by atomic mass is 10.1. The maximum absolute atomic E-state index is 13.7. The topological polar surface area (TPSA) is 120 Å². The van der Waals surface area contributed by atoms with E-state index >= 15 is 0 Å². The molecule has 0 heterocycles. The van der Waals surface area contributed by atoms with Crippen molar-refractivity contribution in [1.82, 2.24) is 5.32 Å². The van der Waals surface area contributed by atoms with Crippen LogP contribution in [-0.2, 0) is 60.3 Å². The summed E-state index contributed by atoms with van der Waals surface area (Å²) in [6.07, 6.45) is -2.97. The van der Waals surface area contributed by atoms with Crippen LogP contribution in [0.1, 0.15) is 22.3 Å². The van der Waals surface area contributed by atoms with Gasteiger partial charge in [-0.05, 0) is 22.3 Å². The third-order valence-electron chi connectivity index (χ3n) is 6.84. The molecule has 2 N–H and O–H groups in total. The Balaban J connectivity index is 1.62. The minimum Gasteiger partial charge on any atom is -0.374 e. The molecule has 1 amide bonds. The Bertz CT molecular complexity index is 1510. The molecule has 10 heteroatoms. The molecule has 4 aromatic rings. The molecule has 0 aliphatic carbocycles. The molecule has 0 spiro atoms. The maximum Gasteiger partial charge on any atom is 0.266 e. The minimum atomic E-state index is -4.29. The largest absolute Gasteiger partial charge is 0.374 e. The smallest absolute Gasteiger partial charge is 0.266 e. The van der Waals surface area contributed by atoms with Gasteiger partial charge in [-0.15, -0.1) is 0 Å². The van der Waals surface area contributed by atoms with Gasteiger partial charge in [-0.2, -0.15) is 8.42 Å². The van der Waals surface area contributed by atoms with Crippen LogP contribution in [-0.4, -0.2) is 56.1 Å². The molecular formula is C35H39NO8S. The second-order valence-corrected chi connectivity index (χ2v) is 12.0. The first-order valence-corrected chi connectivity index (χ1v) is 16.3. The molecule has 238 valence electrons. The molecule has 45 heavy (non-hydrogen) atoms. The van der Waals surface area contributed by atoms with Gasteiger partial charge in [0.05, 0.1) is 38.8 Å². The minimum absolute atomic E-state index is 0.0741. The van der Waals surface area contributed by atoms with Crippen molar-refractivity contribution in [2.45, 2.75) is 44.7 Å². The summed E-state index contributed by atoms with van der Waals surface area (Å²) >= 11 is 0. The molecule has 0 bridgehead atoms. The number of hydrogen-bond donors (Lipinski definition) is 2. The molecule has 0 aliphatic rings. The summed E-state index contributed by atoms with van der Waals surface area (Å²) in [6.45, 7) is 0.533. The number of hydrogen-bond acceptors (Lipinski definition) is 7. The van der Waals surface area contributed by atoms with Gasteiger partial charge in [-0.1, -0.05) is 121 Å². The van der Waals surface area contributed by atoms with E-state index in [-0.39, 0.29) is 33.0 Å². The number of rotatable bonds is 19. The van der Waals surface area contributed by atoms with Crippen LogP contribution in [0.4, 0.5) is 0 Å². The standard InChI is InChI=1S/C35H39NO8S/c37-35(36-21-22-45(38,39)40)34(44-26-31-19-11-4-12-20-31)33(43-25-30-17-9-3-10-18-30)32(42-24-29-15-7-2-8-16-29)27-41-23-28-13-5-1-6-14-28/h1-20,32-34H,21-27H2,(H,36,37)(H,38,39,40)/t32-,33-,34+/m1/s1. The number of carbonyl (C=O) groups is 1. The fourth-order valence-electron chi connectivity index (χ4n) is 4.52. The van der Waals surface area contributed by atoms with Gasteiger partial charge < -0.3 is 24.3 Å². The Morgan fingerprint density at radius 1 is 0.622 bits per heavy atom. The van der Waals surface area contributed by atoms with E-state index in [0.717, 1.165) is 22.3 Å². The monoisotopic (exact) mass is 633 g/mol. The van der Waals surface area contributed by atoms with E-state index in [0.29, 0.717) is 6.61 Å². The van der Waals surface area contributed by atoms with Crippen LogP contribution >= 0.6 is 0 Å². The number of benzene rings is 4. The average Bonchev–Trinajstić information content (AvgIpc) is 3.05. The molecule has 4 aromatic carbocycles. The van der Waals surface area contributed by atoms with Crippen molar-refractivity contribution < 1.29 is 36.7 Å². The number of carbonyl (C=O) groups excluding carboxylic acids is 1. The molecule has 0 fully saturated rings. The Morgan fingerprint density at radius 3 is 1.51 bits per heavy atom. The molecule has 4 rings (SSSR count). The van der Waals surface area contributed by atoms with Gasteiger partial charge in [-0.25, -0.2) is 0 Å². The molecule has 0 aromatic heterocycles. The van der Waals surface area contributed by atoms with Crippen LogP contribution in [0, 0.1) is 0 Å². The fraction of sp³-hybridized carbons (Fsp3) is 0.286. The van der Waals surface area contributed by atoms with Crippen molar-refractivity contribution in [2.75, 3.05) is 18.9 Å². The zero-order chi connectivity index (χ0) is 31.7. The Hall–Kier alpha value is -3.90. The van der Waals surface area contributed by atoms with Gasteiger partial charge >= 0.3 is 0 Å². The van der Waals surface area contributed by atoms with Gasteiger partial charge in [0.15, 0.2) is 6.10 Å². The summed E-state index contributed by atoms with van der Waals surface area (Å²) in [5.74, 6) is -1.25. The zero-order valence-corrected chi connectivity index (χ0v) is 25.8. The summed E-state index contributed by atoms with van der Waals surface area (Å²) in [5, 5.41) is 2.59. The molecule has 9 nitrogen and oxygen atoms in total. The van der Waals surface area contributed by atoms with Crippen LogP contribution < -0.4 is 5.32 Å². The van der Waals surface area contributed by atoms with E-state index in [1.807, 2.05) is 121 Å². The number of nitrogens with one attached hydrogen (secondary N) is 1. The van der Waals surface area contributed by atoms with E-state index < -0.39 is 40.1 Å². The van der Waals surface area contributed by atoms with Crippen molar-refractivity contribution in [2.24, 2.45) is 0 Å². The van der Waals surface area contributed by atoms with Crippen LogP contribution in [0.2, 0.25) is 0 Å². The van der Waals surface area contributed by atoms with Gasteiger partial charge in [0.2, 0.25) is 0 Å². The van der Waals surface area contributed by atoms with Gasteiger partial charge in [0.25, 0.3) is 16.0 Å². The Labute approximate surface area is 264 Å². The van der Waals surface area contributed by atoms with E-state index in [2.05, 4.69) is 5.32 Å². The summed E-state index contributed by atoms with van der Waals surface area (Å²) in [6, 6.07) is 38.2. The number of amides is 1. The first-order valence-electron chi connectivity index (χ1n) is 14.7. The first kappa shape index (κ1) is 34.0. The van der Waals surface area contributed by atoms with E-state index in [1.54, 1.807) is 0 Å². The molecule has 3 atom stereocenters. The van der Waals surface area contributed by atoms with E-state index in [1.165, 1.54) is 0 Å². The maximum atomic E-state index is 13.7. The number of ether oxygens (including phenoxy) is 4. The van der Waals surface area contributed by atoms with Crippen LogP contribution in [0.15, 0.2) is 121 Å². The normalized spacial score (nSPS) is 13.5. The van der Waals surface area contributed by atoms with Crippen molar-refractivity contribution in [3.63, 3.8) is 0 Å². The Kier molecular flexibility index (Phi) is 13.7. The highest BCUT2D eigenvalue weighted by atomic mass is 32.2. The summed E-state index contributed by atoms with van der Waals surface area (Å²) in [4.78, 5) is 13.7.